The van der Waals surface area contributed by atoms with Gasteiger partial charge in [-0.15, -0.1) is 0 Å². The number of carbonyl (C=O) groups excluding carboxylic acids is 2. The molecular formula is C16H18N3O5+. The number of hydrogen-bond acceptors (Lipinski definition) is 5. The molecule has 0 aromatic heterocycles. The molecule has 3 aliphatic rings. The molecule has 126 valence electrons. The van der Waals surface area contributed by atoms with Gasteiger partial charge in [-0.2, -0.15) is 0 Å². The van der Waals surface area contributed by atoms with E-state index in [1.165, 1.54) is 19.2 Å². The summed E-state index contributed by atoms with van der Waals surface area (Å²) in [6.07, 6.45) is 2.11. The summed E-state index contributed by atoms with van der Waals surface area (Å²) in [6.45, 7) is 0.772. The van der Waals surface area contributed by atoms with Crippen molar-refractivity contribution in [2.45, 2.75) is 30.8 Å². The lowest BCUT2D eigenvalue weighted by Crippen LogP contribution is -3.19. The van der Waals surface area contributed by atoms with Crippen LogP contribution in [0.5, 0.6) is 0 Å². The van der Waals surface area contributed by atoms with Crippen molar-refractivity contribution in [3.05, 3.63) is 33.9 Å². The number of amides is 1. The minimum Gasteiger partial charge on any atom is -0.469 e. The second-order valence-electron chi connectivity index (χ2n) is 6.70. The zero-order valence-electron chi connectivity index (χ0n) is 13.2. The van der Waals surface area contributed by atoms with E-state index in [9.17, 15) is 19.7 Å². The molecule has 0 aliphatic carbocycles. The number of hydrogen-bond donors (Lipinski definition) is 2. The summed E-state index contributed by atoms with van der Waals surface area (Å²) in [7, 11) is 1.36. The Morgan fingerprint density at radius 3 is 3.00 bits per heavy atom. The first-order valence-corrected chi connectivity index (χ1v) is 8.03. The molecule has 1 spiro atoms. The van der Waals surface area contributed by atoms with Crippen molar-refractivity contribution in [1.29, 1.82) is 0 Å². The molecule has 2 saturated heterocycles. The van der Waals surface area contributed by atoms with Crippen LogP contribution in [0, 0.1) is 16.0 Å². The number of nitro groups is 1. The van der Waals surface area contributed by atoms with Crippen LogP contribution in [-0.4, -0.2) is 36.5 Å². The van der Waals surface area contributed by atoms with Gasteiger partial charge in [-0.05, 0) is 6.07 Å². The number of methoxy groups -OCH3 is 1. The van der Waals surface area contributed by atoms with Crippen LogP contribution < -0.4 is 10.2 Å². The number of rotatable bonds is 2. The normalized spacial score (nSPS) is 33.2. The number of ether oxygens (including phenoxy) is 1. The van der Waals surface area contributed by atoms with Crippen LogP contribution in [0.15, 0.2) is 18.2 Å². The van der Waals surface area contributed by atoms with E-state index in [1.54, 1.807) is 6.07 Å². The first kappa shape index (κ1) is 15.1. The maximum atomic E-state index is 12.9. The van der Waals surface area contributed by atoms with Gasteiger partial charge >= 0.3 is 5.97 Å². The summed E-state index contributed by atoms with van der Waals surface area (Å²) in [5.41, 5.74) is 0.270. The number of non-ortho nitro benzene ring substituents is 1. The topological polar surface area (TPSA) is 103 Å². The molecule has 1 aromatic rings. The molecule has 8 heteroatoms. The van der Waals surface area contributed by atoms with Gasteiger partial charge in [0.2, 0.25) is 5.54 Å². The third kappa shape index (κ3) is 1.77. The lowest BCUT2D eigenvalue weighted by Gasteiger charge is -2.29. The zero-order valence-corrected chi connectivity index (χ0v) is 13.2. The van der Waals surface area contributed by atoms with Crippen LogP contribution in [0.3, 0.4) is 0 Å². The number of esters is 1. The summed E-state index contributed by atoms with van der Waals surface area (Å²) < 4.78 is 4.94. The van der Waals surface area contributed by atoms with E-state index in [-0.39, 0.29) is 29.5 Å². The van der Waals surface area contributed by atoms with Crippen molar-refractivity contribution in [3.63, 3.8) is 0 Å². The third-order valence-corrected chi connectivity index (χ3v) is 5.78. The van der Waals surface area contributed by atoms with Gasteiger partial charge in [-0.3, -0.25) is 19.7 Å². The highest BCUT2D eigenvalue weighted by molar-refractivity contribution is 6.05. The molecule has 24 heavy (non-hydrogen) atoms. The summed E-state index contributed by atoms with van der Waals surface area (Å²) in [5.74, 6) is -0.835. The molecule has 1 unspecified atom stereocenters. The number of nitrogens with one attached hydrogen (secondary N) is 2. The minimum atomic E-state index is -0.929. The number of fused-ring (bicyclic) bond motifs is 4. The van der Waals surface area contributed by atoms with Gasteiger partial charge in [0.15, 0.2) is 0 Å². The van der Waals surface area contributed by atoms with Gasteiger partial charge in [0.1, 0.15) is 12.0 Å². The van der Waals surface area contributed by atoms with Crippen molar-refractivity contribution >= 4 is 23.3 Å². The van der Waals surface area contributed by atoms with Crippen LogP contribution in [0.25, 0.3) is 0 Å². The predicted molar refractivity (Wildman–Crippen MR) is 82.4 cm³/mol. The van der Waals surface area contributed by atoms with Crippen LogP contribution >= 0.6 is 0 Å². The standard InChI is InChI=1S/C16H17N3O5/c1-24-14(20)10-8-16(18-6-2-3-13(10)18)11-7-9(19(22)23)4-5-12(11)17-15(16)21/h4-5,7,10,13H,2-3,6,8H2,1H3,(H,17,21)/p+1/t10-,13+,16+/m0/s1. The molecule has 2 fully saturated rings. The molecule has 0 radical (unpaired) electrons. The number of quaternary nitrogens is 1. The second-order valence-corrected chi connectivity index (χ2v) is 6.70. The van der Waals surface area contributed by atoms with E-state index in [0.717, 1.165) is 24.3 Å². The summed E-state index contributed by atoms with van der Waals surface area (Å²) in [6, 6.07) is 4.47. The predicted octanol–water partition coefficient (Wildman–Crippen LogP) is -0.0176. The fourth-order valence-electron chi connectivity index (χ4n) is 4.83. The van der Waals surface area contributed by atoms with Gasteiger partial charge < -0.3 is 15.0 Å². The number of benzene rings is 1. The Balaban J connectivity index is 1.86. The molecule has 0 bridgehead atoms. The summed E-state index contributed by atoms with van der Waals surface area (Å²) in [5, 5.41) is 14.0. The van der Waals surface area contributed by atoms with Gasteiger partial charge in [-0.1, -0.05) is 0 Å². The van der Waals surface area contributed by atoms with Gasteiger partial charge in [0.25, 0.3) is 11.6 Å². The molecule has 1 aromatic carbocycles. The third-order valence-electron chi connectivity index (χ3n) is 5.78. The molecule has 8 nitrogen and oxygen atoms in total. The van der Waals surface area contributed by atoms with Crippen molar-refractivity contribution in [2.24, 2.45) is 5.92 Å². The first-order valence-electron chi connectivity index (χ1n) is 8.03. The van der Waals surface area contributed by atoms with Crippen molar-refractivity contribution in [3.8, 4) is 0 Å². The SMILES string of the molecule is COC(=O)[C@H]1C[C@@]2(C(=O)Nc3ccc([N+](=O)[O-])cc32)[NH+]2CCC[C@H]12. The fraction of sp³-hybridized carbons (Fsp3) is 0.500. The van der Waals surface area contributed by atoms with Gasteiger partial charge in [0, 0.05) is 31.4 Å². The highest BCUT2D eigenvalue weighted by Crippen LogP contribution is 2.45. The van der Waals surface area contributed by atoms with E-state index in [2.05, 4.69) is 5.32 Å². The van der Waals surface area contributed by atoms with E-state index in [1.807, 2.05) is 0 Å². The molecule has 3 aliphatic heterocycles. The average Bonchev–Trinajstić information content (AvgIpc) is 3.22. The number of anilines is 1. The van der Waals surface area contributed by atoms with E-state index < -0.39 is 10.5 Å². The van der Waals surface area contributed by atoms with Gasteiger partial charge in [0.05, 0.1) is 29.8 Å². The van der Waals surface area contributed by atoms with E-state index in [0.29, 0.717) is 17.7 Å². The highest BCUT2D eigenvalue weighted by Gasteiger charge is 2.67. The summed E-state index contributed by atoms with van der Waals surface area (Å²) >= 11 is 0. The molecule has 2 N–H and O–H groups in total. The van der Waals surface area contributed by atoms with Crippen LogP contribution in [0.2, 0.25) is 0 Å². The molecule has 4 atom stereocenters. The number of nitro benzene ring substituents is 1. The molecule has 0 saturated carbocycles. The quantitative estimate of drug-likeness (QED) is 0.450. The minimum absolute atomic E-state index is 0.0217. The van der Waals surface area contributed by atoms with Crippen LogP contribution in [0.4, 0.5) is 11.4 Å². The maximum Gasteiger partial charge on any atom is 0.315 e. The van der Waals surface area contributed by atoms with E-state index in [4.69, 9.17) is 4.74 Å². The highest BCUT2D eigenvalue weighted by atomic mass is 16.6. The van der Waals surface area contributed by atoms with Crippen molar-refractivity contribution in [1.82, 2.24) is 0 Å². The number of carbonyl (C=O) groups is 2. The van der Waals surface area contributed by atoms with Crippen molar-refractivity contribution in [2.75, 3.05) is 19.0 Å². The smallest absolute Gasteiger partial charge is 0.315 e. The van der Waals surface area contributed by atoms with Gasteiger partial charge in [-0.25, -0.2) is 0 Å². The lowest BCUT2D eigenvalue weighted by molar-refractivity contribution is -0.947. The number of nitrogens with zero attached hydrogens (tertiary/aromatic N) is 1. The summed E-state index contributed by atoms with van der Waals surface area (Å²) in [4.78, 5) is 36.8. The monoisotopic (exact) mass is 332 g/mol. The first-order chi connectivity index (χ1) is 11.5. The van der Waals surface area contributed by atoms with Crippen molar-refractivity contribution < 1.29 is 24.1 Å². The Bertz CT molecular complexity index is 764. The molecular weight excluding hydrogens is 314 g/mol. The Morgan fingerprint density at radius 1 is 1.50 bits per heavy atom. The maximum absolute atomic E-state index is 12.9. The lowest BCUT2D eigenvalue weighted by atomic mass is 9.84. The Labute approximate surface area is 137 Å². The fourth-order valence-corrected chi connectivity index (χ4v) is 4.83. The average molecular weight is 332 g/mol. The molecule has 1 amide bonds. The molecule has 4 rings (SSSR count). The Kier molecular flexibility index (Phi) is 3.14. The Hall–Kier alpha value is -2.48. The van der Waals surface area contributed by atoms with Crippen LogP contribution in [0.1, 0.15) is 24.8 Å². The second kappa shape index (κ2) is 5.01. The van der Waals surface area contributed by atoms with E-state index >= 15 is 0 Å². The Morgan fingerprint density at radius 2 is 2.29 bits per heavy atom. The van der Waals surface area contributed by atoms with Crippen LogP contribution in [-0.2, 0) is 19.9 Å². The molecule has 3 heterocycles. The zero-order chi connectivity index (χ0) is 17.1. The largest absolute Gasteiger partial charge is 0.469 e.